The average Bonchev–Trinajstić information content (AvgIpc) is 2.29. The molecule has 0 unspecified atom stereocenters. The van der Waals surface area contributed by atoms with Gasteiger partial charge in [0, 0.05) is 17.8 Å². The highest BCUT2D eigenvalue weighted by Crippen LogP contribution is 2.26. The van der Waals surface area contributed by atoms with Crippen LogP contribution in [0.4, 0.5) is 0 Å². The Morgan fingerprint density at radius 1 is 1.35 bits per heavy atom. The molecule has 1 aromatic rings. The number of hydrogen-bond donors (Lipinski definition) is 1. The summed E-state index contributed by atoms with van der Waals surface area (Å²) < 4.78 is 0. The topological polar surface area (TPSA) is 72.2 Å². The Bertz CT molecular complexity index is 442. The molecule has 1 amide bonds. The normalized spacial score (nSPS) is 24.2. The van der Waals surface area contributed by atoms with Crippen molar-refractivity contribution in [1.29, 1.82) is 0 Å². The van der Waals surface area contributed by atoms with Crippen LogP contribution < -0.4 is 5.32 Å². The molecular formula is C12H14N2O3. The van der Waals surface area contributed by atoms with Gasteiger partial charge in [0.15, 0.2) is 0 Å². The molecule has 5 heteroatoms. The van der Waals surface area contributed by atoms with E-state index in [-0.39, 0.29) is 17.3 Å². The molecule has 0 bridgehead atoms. The highest BCUT2D eigenvalue weighted by molar-refractivity contribution is 5.77. The number of hydrogen-bond acceptors (Lipinski definition) is 3. The first kappa shape index (κ1) is 11.6. The second kappa shape index (κ2) is 4.53. The fourth-order valence-corrected chi connectivity index (χ4v) is 2.09. The summed E-state index contributed by atoms with van der Waals surface area (Å²) in [6, 6.07) is 6.23. The van der Waals surface area contributed by atoms with Gasteiger partial charge in [0.2, 0.25) is 11.9 Å². The van der Waals surface area contributed by atoms with E-state index in [4.69, 9.17) is 0 Å². The second-order valence-electron chi connectivity index (χ2n) is 4.35. The number of carbonyl (C=O) groups excluding carboxylic acids is 1. The fourth-order valence-electron chi connectivity index (χ4n) is 2.09. The predicted molar refractivity (Wildman–Crippen MR) is 62.1 cm³/mol. The molecule has 1 saturated heterocycles. The number of piperidine rings is 1. The van der Waals surface area contributed by atoms with Crippen LogP contribution in [0.25, 0.3) is 0 Å². The minimum absolute atomic E-state index is 0.117. The first-order valence-electron chi connectivity index (χ1n) is 5.57. The highest BCUT2D eigenvalue weighted by Gasteiger charge is 2.37. The van der Waals surface area contributed by atoms with Gasteiger partial charge in [-0.1, -0.05) is 29.8 Å². The Labute approximate surface area is 99.0 Å². The highest BCUT2D eigenvalue weighted by atomic mass is 16.6. The number of amides is 1. The molecule has 17 heavy (non-hydrogen) atoms. The van der Waals surface area contributed by atoms with E-state index in [0.717, 1.165) is 11.1 Å². The summed E-state index contributed by atoms with van der Waals surface area (Å²) in [7, 11) is 0. The quantitative estimate of drug-likeness (QED) is 0.624. The standard InChI is InChI=1S/C12H14N2O3/c1-8-2-4-9(5-3-8)12-10(14(16)17)6-7-11(15)13-12/h2-5,10,12H,6-7H2,1H3,(H,13,15)/t10-,12-/m0/s1. The molecule has 5 nitrogen and oxygen atoms in total. The molecule has 1 fully saturated rings. The summed E-state index contributed by atoms with van der Waals surface area (Å²) in [4.78, 5) is 22.0. The maximum Gasteiger partial charge on any atom is 0.237 e. The van der Waals surface area contributed by atoms with Crippen LogP contribution in [-0.4, -0.2) is 16.9 Å². The van der Waals surface area contributed by atoms with E-state index in [1.54, 1.807) is 0 Å². The van der Waals surface area contributed by atoms with Crippen LogP contribution in [0.5, 0.6) is 0 Å². The van der Waals surface area contributed by atoms with Gasteiger partial charge in [-0.2, -0.15) is 0 Å². The van der Waals surface area contributed by atoms with Crippen LogP contribution in [0.3, 0.4) is 0 Å². The van der Waals surface area contributed by atoms with Gasteiger partial charge in [0.25, 0.3) is 0 Å². The first-order chi connectivity index (χ1) is 8.08. The molecule has 1 aromatic carbocycles. The van der Waals surface area contributed by atoms with Gasteiger partial charge in [-0.05, 0) is 12.5 Å². The van der Waals surface area contributed by atoms with E-state index < -0.39 is 12.1 Å². The zero-order valence-electron chi connectivity index (χ0n) is 9.55. The van der Waals surface area contributed by atoms with Gasteiger partial charge in [-0.25, -0.2) is 0 Å². The van der Waals surface area contributed by atoms with Crippen molar-refractivity contribution in [2.45, 2.75) is 31.8 Å². The Hall–Kier alpha value is -1.91. The molecule has 0 radical (unpaired) electrons. The molecule has 2 atom stereocenters. The number of nitro groups is 1. The van der Waals surface area contributed by atoms with Crippen molar-refractivity contribution >= 4 is 5.91 Å². The number of benzene rings is 1. The first-order valence-corrected chi connectivity index (χ1v) is 5.57. The van der Waals surface area contributed by atoms with Crippen LogP contribution in [0.1, 0.15) is 30.0 Å². The summed E-state index contributed by atoms with van der Waals surface area (Å²) in [6.07, 6.45) is 0.533. The van der Waals surface area contributed by atoms with Gasteiger partial charge in [-0.15, -0.1) is 0 Å². The Balaban J connectivity index is 2.28. The van der Waals surface area contributed by atoms with Gasteiger partial charge < -0.3 is 5.32 Å². The molecule has 0 spiro atoms. The van der Waals surface area contributed by atoms with E-state index in [1.165, 1.54) is 0 Å². The Kier molecular flexibility index (Phi) is 3.08. The number of rotatable bonds is 2. The van der Waals surface area contributed by atoms with Crippen molar-refractivity contribution in [1.82, 2.24) is 5.32 Å². The lowest BCUT2D eigenvalue weighted by Crippen LogP contribution is -2.45. The van der Waals surface area contributed by atoms with Crippen LogP contribution >= 0.6 is 0 Å². The monoisotopic (exact) mass is 234 g/mol. The van der Waals surface area contributed by atoms with Crippen molar-refractivity contribution in [3.8, 4) is 0 Å². The molecule has 1 N–H and O–H groups in total. The predicted octanol–water partition coefficient (Wildman–Crippen LogP) is 1.59. The van der Waals surface area contributed by atoms with E-state index in [0.29, 0.717) is 6.42 Å². The third kappa shape index (κ3) is 2.43. The van der Waals surface area contributed by atoms with E-state index in [2.05, 4.69) is 5.32 Å². The second-order valence-corrected chi connectivity index (χ2v) is 4.35. The minimum atomic E-state index is -0.726. The smallest absolute Gasteiger partial charge is 0.237 e. The SMILES string of the molecule is Cc1ccc([C@@H]2NC(=O)CC[C@@H]2[N+](=O)[O-])cc1. The van der Waals surface area contributed by atoms with Crippen molar-refractivity contribution in [2.75, 3.05) is 0 Å². The average molecular weight is 234 g/mol. The van der Waals surface area contributed by atoms with Crippen molar-refractivity contribution in [3.05, 3.63) is 45.5 Å². The summed E-state index contributed by atoms with van der Waals surface area (Å²) >= 11 is 0. The maximum absolute atomic E-state index is 11.3. The van der Waals surface area contributed by atoms with Crippen LogP contribution in [0, 0.1) is 17.0 Å². The van der Waals surface area contributed by atoms with Crippen molar-refractivity contribution < 1.29 is 9.72 Å². The van der Waals surface area contributed by atoms with E-state index in [1.807, 2.05) is 31.2 Å². The lowest BCUT2D eigenvalue weighted by molar-refractivity contribution is -0.529. The number of nitrogens with zero attached hydrogens (tertiary/aromatic N) is 1. The summed E-state index contributed by atoms with van der Waals surface area (Å²) in [5, 5.41) is 13.7. The molecular weight excluding hydrogens is 220 g/mol. The molecule has 1 heterocycles. The third-order valence-corrected chi connectivity index (χ3v) is 3.08. The fraction of sp³-hybridized carbons (Fsp3) is 0.417. The van der Waals surface area contributed by atoms with Crippen LogP contribution in [0.15, 0.2) is 24.3 Å². The molecule has 2 rings (SSSR count). The van der Waals surface area contributed by atoms with Gasteiger partial charge in [-0.3, -0.25) is 14.9 Å². The van der Waals surface area contributed by atoms with Crippen LogP contribution in [-0.2, 0) is 4.79 Å². The van der Waals surface area contributed by atoms with E-state index in [9.17, 15) is 14.9 Å². The molecule has 0 aliphatic carbocycles. The Morgan fingerprint density at radius 3 is 2.59 bits per heavy atom. The molecule has 1 aliphatic heterocycles. The van der Waals surface area contributed by atoms with Gasteiger partial charge in [0.1, 0.15) is 6.04 Å². The number of carbonyl (C=O) groups is 1. The molecule has 0 saturated carbocycles. The van der Waals surface area contributed by atoms with Crippen LogP contribution in [0.2, 0.25) is 0 Å². The molecule has 1 aliphatic rings. The van der Waals surface area contributed by atoms with Gasteiger partial charge >= 0.3 is 0 Å². The van der Waals surface area contributed by atoms with Crippen molar-refractivity contribution in [2.24, 2.45) is 0 Å². The Morgan fingerprint density at radius 2 is 2.00 bits per heavy atom. The zero-order valence-corrected chi connectivity index (χ0v) is 9.55. The number of aryl methyl sites for hydroxylation is 1. The lowest BCUT2D eigenvalue weighted by atomic mass is 9.92. The van der Waals surface area contributed by atoms with Gasteiger partial charge in [0.05, 0.1) is 0 Å². The lowest BCUT2D eigenvalue weighted by Gasteiger charge is -2.26. The summed E-state index contributed by atoms with van der Waals surface area (Å²) in [5.41, 5.74) is 1.89. The minimum Gasteiger partial charge on any atom is -0.343 e. The molecule has 90 valence electrons. The van der Waals surface area contributed by atoms with E-state index >= 15 is 0 Å². The third-order valence-electron chi connectivity index (χ3n) is 3.08. The molecule has 0 aromatic heterocycles. The number of nitrogens with one attached hydrogen (secondary N) is 1. The summed E-state index contributed by atoms with van der Waals surface area (Å²) in [5.74, 6) is -0.117. The summed E-state index contributed by atoms with van der Waals surface area (Å²) in [6.45, 7) is 1.95. The zero-order chi connectivity index (χ0) is 12.4. The van der Waals surface area contributed by atoms with Crippen molar-refractivity contribution in [3.63, 3.8) is 0 Å². The maximum atomic E-state index is 11.3. The largest absolute Gasteiger partial charge is 0.343 e.